The Balaban J connectivity index is 4.52. The van der Waals surface area contributed by atoms with Gasteiger partial charge in [-0.3, -0.25) is 4.79 Å². The average Bonchev–Trinajstić information content (AvgIpc) is 2.14. The first-order valence-corrected chi connectivity index (χ1v) is 7.60. The van der Waals surface area contributed by atoms with Crippen LogP contribution in [0.5, 0.6) is 0 Å². The van der Waals surface area contributed by atoms with Gasteiger partial charge < -0.3 is 9.84 Å². The van der Waals surface area contributed by atoms with E-state index >= 15 is 0 Å². The average molecular weight is 281 g/mol. The number of hydrogen-bond acceptors (Lipinski definition) is 4. The van der Waals surface area contributed by atoms with Gasteiger partial charge in [-0.2, -0.15) is 4.31 Å². The zero-order valence-electron chi connectivity index (χ0n) is 11.4. The lowest BCUT2D eigenvalue weighted by molar-refractivity contribution is -0.137. The van der Waals surface area contributed by atoms with Gasteiger partial charge >= 0.3 is 5.97 Å². The van der Waals surface area contributed by atoms with Crippen LogP contribution in [0.2, 0.25) is 0 Å². The van der Waals surface area contributed by atoms with Crippen LogP contribution in [0.25, 0.3) is 0 Å². The minimum atomic E-state index is -3.47. The number of rotatable bonds is 9. The summed E-state index contributed by atoms with van der Waals surface area (Å²) in [4.78, 5) is 10.5. The molecule has 0 fully saturated rings. The quantitative estimate of drug-likeness (QED) is 0.679. The van der Waals surface area contributed by atoms with E-state index in [4.69, 9.17) is 9.84 Å². The Bertz CT molecular complexity index is 350. The molecule has 0 bridgehead atoms. The Kier molecular flexibility index (Phi) is 7.42. The summed E-state index contributed by atoms with van der Waals surface area (Å²) in [5, 5.41) is 8.61. The van der Waals surface area contributed by atoms with E-state index in [1.54, 1.807) is 13.8 Å². The predicted octanol–water partition coefficient (Wildman–Crippen LogP) is 0.926. The molecule has 0 saturated heterocycles. The van der Waals surface area contributed by atoms with Crippen LogP contribution in [0.3, 0.4) is 0 Å². The Hall–Kier alpha value is -0.660. The summed E-state index contributed by atoms with van der Waals surface area (Å²) in [6.07, 6.45) is -0.214. The highest BCUT2D eigenvalue weighted by Crippen LogP contribution is 2.09. The maximum absolute atomic E-state index is 12.0. The van der Waals surface area contributed by atoms with Crippen LogP contribution in [0.15, 0.2) is 0 Å². The summed E-state index contributed by atoms with van der Waals surface area (Å²) in [7, 11) is -3.47. The van der Waals surface area contributed by atoms with Crippen LogP contribution in [0, 0.1) is 0 Å². The van der Waals surface area contributed by atoms with E-state index in [1.165, 1.54) is 4.31 Å². The fourth-order valence-corrected chi connectivity index (χ4v) is 2.98. The van der Waals surface area contributed by atoms with E-state index in [0.717, 1.165) is 0 Å². The molecule has 0 amide bonds. The first-order valence-electron chi connectivity index (χ1n) is 5.99. The predicted molar refractivity (Wildman–Crippen MR) is 69.0 cm³/mol. The van der Waals surface area contributed by atoms with Crippen molar-refractivity contribution in [3.8, 4) is 0 Å². The number of ether oxygens (including phenoxy) is 1. The van der Waals surface area contributed by atoms with Gasteiger partial charge in [0.2, 0.25) is 10.0 Å². The molecule has 7 heteroatoms. The van der Waals surface area contributed by atoms with Crippen molar-refractivity contribution in [1.29, 1.82) is 0 Å². The number of sulfonamides is 1. The molecule has 0 atom stereocenters. The topological polar surface area (TPSA) is 83.9 Å². The van der Waals surface area contributed by atoms with Gasteiger partial charge in [-0.25, -0.2) is 8.42 Å². The minimum Gasteiger partial charge on any atom is -0.481 e. The largest absolute Gasteiger partial charge is 0.481 e. The van der Waals surface area contributed by atoms with Crippen molar-refractivity contribution in [3.05, 3.63) is 0 Å². The third kappa shape index (κ3) is 6.93. The Morgan fingerprint density at radius 1 is 1.28 bits per heavy atom. The molecule has 0 saturated carbocycles. The molecule has 0 spiro atoms. The molecular formula is C11H23NO5S. The number of carboxylic acid groups (broad SMARTS) is 1. The van der Waals surface area contributed by atoms with Crippen molar-refractivity contribution < 1.29 is 23.1 Å². The zero-order valence-corrected chi connectivity index (χ0v) is 12.2. The van der Waals surface area contributed by atoms with Crippen molar-refractivity contribution >= 4 is 16.0 Å². The van der Waals surface area contributed by atoms with E-state index in [9.17, 15) is 13.2 Å². The number of aliphatic carboxylic acids is 1. The van der Waals surface area contributed by atoms with Gasteiger partial charge in [0.1, 0.15) is 0 Å². The summed E-state index contributed by atoms with van der Waals surface area (Å²) >= 11 is 0. The van der Waals surface area contributed by atoms with Crippen LogP contribution in [0.1, 0.15) is 34.1 Å². The lowest BCUT2D eigenvalue weighted by Gasteiger charge is -2.25. The normalized spacial score (nSPS) is 12.6. The number of carboxylic acids is 1. The fraction of sp³-hybridized carbons (Fsp3) is 0.909. The molecular weight excluding hydrogens is 258 g/mol. The molecule has 0 unspecified atom stereocenters. The molecule has 1 N–H and O–H groups in total. The first kappa shape index (κ1) is 17.3. The van der Waals surface area contributed by atoms with E-state index in [2.05, 4.69) is 0 Å². The molecule has 0 aliphatic carbocycles. The third-order valence-electron chi connectivity index (χ3n) is 2.27. The summed E-state index contributed by atoms with van der Waals surface area (Å²) < 4.78 is 30.5. The highest BCUT2D eigenvalue weighted by molar-refractivity contribution is 7.89. The monoisotopic (exact) mass is 281 g/mol. The molecule has 0 radical (unpaired) electrons. The molecule has 6 nitrogen and oxygen atoms in total. The summed E-state index contributed by atoms with van der Waals surface area (Å²) in [5.41, 5.74) is 0. The van der Waals surface area contributed by atoms with Crippen molar-refractivity contribution in [3.63, 3.8) is 0 Å². The Morgan fingerprint density at radius 2 is 1.83 bits per heavy atom. The van der Waals surface area contributed by atoms with Gasteiger partial charge in [0.05, 0.1) is 24.9 Å². The van der Waals surface area contributed by atoms with E-state index in [0.29, 0.717) is 0 Å². The molecule has 18 heavy (non-hydrogen) atoms. The fourth-order valence-electron chi connectivity index (χ4n) is 1.43. The SMILES string of the molecule is CC(C)OCCS(=O)(=O)N(CCC(=O)O)C(C)C. The van der Waals surface area contributed by atoms with Gasteiger partial charge in [0, 0.05) is 12.6 Å². The van der Waals surface area contributed by atoms with Crippen molar-refractivity contribution in [1.82, 2.24) is 4.31 Å². The standard InChI is InChI=1S/C11H23NO5S/c1-9(2)12(6-5-11(13)14)18(15,16)8-7-17-10(3)4/h9-10H,5-8H2,1-4H3,(H,13,14). The molecule has 0 aromatic heterocycles. The van der Waals surface area contributed by atoms with Crippen LogP contribution in [0.4, 0.5) is 0 Å². The van der Waals surface area contributed by atoms with Gasteiger partial charge in [-0.05, 0) is 27.7 Å². The highest BCUT2D eigenvalue weighted by atomic mass is 32.2. The number of carbonyl (C=O) groups is 1. The molecule has 0 aromatic carbocycles. The smallest absolute Gasteiger partial charge is 0.304 e. The van der Waals surface area contributed by atoms with Crippen molar-refractivity contribution in [2.24, 2.45) is 0 Å². The lowest BCUT2D eigenvalue weighted by atomic mass is 10.3. The van der Waals surface area contributed by atoms with Crippen molar-refractivity contribution in [2.45, 2.75) is 46.3 Å². The summed E-state index contributed by atoms with van der Waals surface area (Å²) in [5.74, 6) is -1.13. The maximum atomic E-state index is 12.0. The van der Waals surface area contributed by atoms with Crippen LogP contribution < -0.4 is 0 Å². The second kappa shape index (κ2) is 7.70. The maximum Gasteiger partial charge on any atom is 0.304 e. The number of hydrogen-bond donors (Lipinski definition) is 1. The molecule has 108 valence electrons. The molecule has 0 aliphatic rings. The van der Waals surface area contributed by atoms with Crippen LogP contribution in [-0.4, -0.2) is 54.8 Å². The van der Waals surface area contributed by atoms with Gasteiger partial charge in [0.25, 0.3) is 0 Å². The zero-order chi connectivity index (χ0) is 14.3. The Morgan fingerprint density at radius 3 is 2.22 bits per heavy atom. The second-order valence-electron chi connectivity index (χ2n) is 4.58. The second-order valence-corrected chi connectivity index (χ2v) is 6.62. The van der Waals surface area contributed by atoms with Gasteiger partial charge in [0.15, 0.2) is 0 Å². The molecule has 0 aliphatic heterocycles. The van der Waals surface area contributed by atoms with Crippen molar-refractivity contribution in [2.75, 3.05) is 18.9 Å². The Labute approximate surface area is 109 Å². The minimum absolute atomic E-state index is 0.00296. The van der Waals surface area contributed by atoms with Crippen LogP contribution in [-0.2, 0) is 19.6 Å². The molecule has 0 rings (SSSR count). The van der Waals surface area contributed by atoms with E-state index in [1.807, 2.05) is 13.8 Å². The van der Waals surface area contributed by atoms with Gasteiger partial charge in [-0.1, -0.05) is 0 Å². The third-order valence-corrected chi connectivity index (χ3v) is 4.27. The highest BCUT2D eigenvalue weighted by Gasteiger charge is 2.25. The molecule has 0 aromatic rings. The lowest BCUT2D eigenvalue weighted by Crippen LogP contribution is -2.40. The van der Waals surface area contributed by atoms with Gasteiger partial charge in [-0.15, -0.1) is 0 Å². The number of nitrogens with zero attached hydrogens (tertiary/aromatic N) is 1. The summed E-state index contributed by atoms with van der Waals surface area (Å²) in [6, 6.07) is -0.256. The summed E-state index contributed by atoms with van der Waals surface area (Å²) in [6.45, 7) is 7.23. The molecule has 0 heterocycles. The first-order chi connectivity index (χ1) is 8.16. The van der Waals surface area contributed by atoms with Crippen LogP contribution >= 0.6 is 0 Å². The van der Waals surface area contributed by atoms with E-state index in [-0.39, 0.29) is 37.5 Å². The van der Waals surface area contributed by atoms with E-state index < -0.39 is 16.0 Å².